The van der Waals surface area contributed by atoms with Crippen LogP contribution in [0.15, 0.2) is 0 Å². The highest BCUT2D eigenvalue weighted by Crippen LogP contribution is 2.16. The minimum absolute atomic E-state index is 0.144. The van der Waals surface area contributed by atoms with Crippen molar-refractivity contribution in [3.05, 3.63) is 0 Å². The molecule has 0 spiro atoms. The predicted octanol–water partition coefficient (Wildman–Crippen LogP) is 7.91. The van der Waals surface area contributed by atoms with Crippen molar-refractivity contribution < 1.29 is 14.6 Å². The molecule has 0 aliphatic carbocycles. The Morgan fingerprint density at radius 3 is 1.59 bits per heavy atom. The number of hydrogen-bond donors (Lipinski definition) is 1. The molecule has 0 heterocycles. The number of carbonyl (C=O) groups is 1. The molecule has 0 aliphatic heterocycles. The van der Waals surface area contributed by atoms with E-state index in [1.807, 2.05) is 0 Å². The van der Waals surface area contributed by atoms with Crippen molar-refractivity contribution in [1.82, 2.24) is 0 Å². The molecule has 0 bridgehead atoms. The molecule has 0 saturated carbocycles. The summed E-state index contributed by atoms with van der Waals surface area (Å²) in [6.07, 6.45) is 23.1. The first-order valence-electron chi connectivity index (χ1n) is 12.0. The summed E-state index contributed by atoms with van der Waals surface area (Å²) in [4.78, 5) is 10.9. The fourth-order valence-corrected chi connectivity index (χ4v) is 3.59. The van der Waals surface area contributed by atoms with Gasteiger partial charge in [0.25, 0.3) is 0 Å². The molecule has 27 heavy (non-hydrogen) atoms. The van der Waals surface area contributed by atoms with Crippen molar-refractivity contribution in [2.45, 2.75) is 142 Å². The van der Waals surface area contributed by atoms with Gasteiger partial charge in [0.1, 0.15) is 0 Å². The van der Waals surface area contributed by atoms with Crippen molar-refractivity contribution in [2.75, 3.05) is 6.61 Å². The third-order valence-electron chi connectivity index (χ3n) is 5.41. The van der Waals surface area contributed by atoms with Crippen molar-refractivity contribution in [1.29, 1.82) is 0 Å². The van der Waals surface area contributed by atoms with Gasteiger partial charge in [-0.1, -0.05) is 110 Å². The Morgan fingerprint density at radius 1 is 0.667 bits per heavy atom. The van der Waals surface area contributed by atoms with Crippen LogP contribution in [0.25, 0.3) is 0 Å². The number of carboxylic acid groups (broad SMARTS) is 1. The molecule has 0 rings (SSSR count). The van der Waals surface area contributed by atoms with Crippen LogP contribution in [-0.4, -0.2) is 23.8 Å². The monoisotopic (exact) mass is 384 g/mol. The number of ether oxygens (including phenoxy) is 1. The number of unbranched alkanes of at least 4 members (excludes halogenated alkanes) is 14. The van der Waals surface area contributed by atoms with Crippen LogP contribution in [0.1, 0.15) is 136 Å². The summed E-state index contributed by atoms with van der Waals surface area (Å²) in [5.41, 5.74) is 0. The maximum atomic E-state index is 10.9. The Kier molecular flexibility index (Phi) is 21.3. The zero-order valence-electron chi connectivity index (χ0n) is 18.5. The third-order valence-corrected chi connectivity index (χ3v) is 5.41. The maximum Gasteiger partial charge on any atom is 0.303 e. The summed E-state index contributed by atoms with van der Waals surface area (Å²) in [7, 11) is 0. The van der Waals surface area contributed by atoms with Crippen molar-refractivity contribution in [2.24, 2.45) is 0 Å². The molecule has 3 heteroatoms. The van der Waals surface area contributed by atoms with Gasteiger partial charge < -0.3 is 9.84 Å². The van der Waals surface area contributed by atoms with Gasteiger partial charge in [0.05, 0.1) is 6.10 Å². The Bertz CT molecular complexity index is 304. The fraction of sp³-hybridized carbons (Fsp3) is 0.958. The second kappa shape index (κ2) is 21.7. The van der Waals surface area contributed by atoms with E-state index in [1.54, 1.807) is 0 Å². The Hall–Kier alpha value is -0.570. The summed E-state index contributed by atoms with van der Waals surface area (Å²) in [5.74, 6) is -0.703. The van der Waals surface area contributed by atoms with Gasteiger partial charge in [-0.15, -0.1) is 0 Å². The van der Waals surface area contributed by atoms with Crippen LogP contribution in [0, 0.1) is 0 Å². The lowest BCUT2D eigenvalue weighted by Gasteiger charge is -2.17. The first-order chi connectivity index (χ1) is 13.2. The number of rotatable bonds is 22. The Balaban J connectivity index is 3.62. The summed E-state index contributed by atoms with van der Waals surface area (Å²) < 4.78 is 6.03. The van der Waals surface area contributed by atoms with Crippen molar-refractivity contribution in [3.63, 3.8) is 0 Å². The van der Waals surface area contributed by atoms with Gasteiger partial charge in [0.15, 0.2) is 0 Å². The highest BCUT2D eigenvalue weighted by atomic mass is 16.5. The molecule has 0 saturated heterocycles. The Labute approximate surface area is 169 Å². The van der Waals surface area contributed by atoms with E-state index in [-0.39, 0.29) is 12.5 Å². The van der Waals surface area contributed by atoms with Crippen molar-refractivity contribution >= 4 is 5.97 Å². The minimum Gasteiger partial charge on any atom is -0.481 e. The average Bonchev–Trinajstić information content (AvgIpc) is 2.66. The van der Waals surface area contributed by atoms with Crippen LogP contribution in [0.2, 0.25) is 0 Å². The molecule has 0 aromatic heterocycles. The van der Waals surface area contributed by atoms with E-state index >= 15 is 0 Å². The molecule has 1 N–H and O–H groups in total. The molecule has 0 aliphatic rings. The summed E-state index contributed by atoms with van der Waals surface area (Å²) in [6, 6.07) is 0. The average molecular weight is 385 g/mol. The van der Waals surface area contributed by atoms with Crippen LogP contribution >= 0.6 is 0 Å². The number of hydrogen-bond acceptors (Lipinski definition) is 2. The molecule has 0 aromatic carbocycles. The smallest absolute Gasteiger partial charge is 0.303 e. The van der Waals surface area contributed by atoms with Crippen LogP contribution in [0.4, 0.5) is 0 Å². The zero-order chi connectivity index (χ0) is 20.0. The van der Waals surface area contributed by atoms with Crippen LogP contribution in [0.5, 0.6) is 0 Å². The van der Waals surface area contributed by atoms with E-state index in [9.17, 15) is 4.79 Å². The summed E-state index contributed by atoms with van der Waals surface area (Å²) >= 11 is 0. The van der Waals surface area contributed by atoms with E-state index in [4.69, 9.17) is 9.84 Å². The number of carboxylic acids is 1. The number of aliphatic carboxylic acids is 1. The molecule has 0 fully saturated rings. The largest absolute Gasteiger partial charge is 0.481 e. The predicted molar refractivity (Wildman–Crippen MR) is 116 cm³/mol. The van der Waals surface area contributed by atoms with Gasteiger partial charge in [-0.2, -0.15) is 0 Å². The first kappa shape index (κ1) is 26.4. The molecular formula is C24H48O3. The van der Waals surface area contributed by atoms with Crippen LogP contribution < -0.4 is 0 Å². The van der Waals surface area contributed by atoms with E-state index in [2.05, 4.69) is 13.8 Å². The molecular weight excluding hydrogens is 336 g/mol. The standard InChI is InChI=1S/C24H48O3/c1-3-5-7-9-11-12-13-14-16-18-22-27-23(20-21-24(25)26)19-17-15-10-8-6-4-2/h23H,3-22H2,1-2H3,(H,25,26). The van der Waals surface area contributed by atoms with Crippen LogP contribution in [0.3, 0.4) is 0 Å². The molecule has 0 aromatic rings. The highest BCUT2D eigenvalue weighted by Gasteiger charge is 2.11. The molecule has 162 valence electrons. The SMILES string of the molecule is CCCCCCCCCCCCOC(CCCCCCCC)CCC(=O)O. The third kappa shape index (κ3) is 21.6. The second-order valence-corrected chi connectivity index (χ2v) is 8.16. The molecule has 0 radical (unpaired) electrons. The van der Waals surface area contributed by atoms with E-state index in [0.29, 0.717) is 6.42 Å². The van der Waals surface area contributed by atoms with Gasteiger partial charge in [0.2, 0.25) is 0 Å². The lowest BCUT2D eigenvalue weighted by atomic mass is 10.0. The molecule has 0 amide bonds. The Morgan fingerprint density at radius 2 is 1.11 bits per heavy atom. The molecule has 1 unspecified atom stereocenters. The summed E-state index contributed by atoms with van der Waals surface area (Å²) in [6.45, 7) is 5.31. The normalized spacial score (nSPS) is 12.4. The maximum absolute atomic E-state index is 10.9. The van der Waals surface area contributed by atoms with Crippen molar-refractivity contribution in [3.8, 4) is 0 Å². The van der Waals surface area contributed by atoms with E-state index in [1.165, 1.54) is 96.3 Å². The molecule has 3 nitrogen and oxygen atoms in total. The summed E-state index contributed by atoms with van der Waals surface area (Å²) in [5, 5.41) is 8.94. The topological polar surface area (TPSA) is 46.5 Å². The zero-order valence-corrected chi connectivity index (χ0v) is 18.5. The van der Waals surface area contributed by atoms with Gasteiger partial charge in [0, 0.05) is 13.0 Å². The van der Waals surface area contributed by atoms with Gasteiger partial charge in [-0.3, -0.25) is 4.79 Å². The highest BCUT2D eigenvalue weighted by molar-refractivity contribution is 5.66. The quantitative estimate of drug-likeness (QED) is 0.193. The second-order valence-electron chi connectivity index (χ2n) is 8.16. The first-order valence-corrected chi connectivity index (χ1v) is 12.0. The van der Waals surface area contributed by atoms with E-state index < -0.39 is 5.97 Å². The van der Waals surface area contributed by atoms with Gasteiger partial charge >= 0.3 is 5.97 Å². The lowest BCUT2D eigenvalue weighted by Crippen LogP contribution is -2.16. The van der Waals surface area contributed by atoms with Gasteiger partial charge in [-0.05, 0) is 19.3 Å². The minimum atomic E-state index is -0.703. The van der Waals surface area contributed by atoms with Crippen LogP contribution in [-0.2, 0) is 9.53 Å². The lowest BCUT2D eigenvalue weighted by molar-refractivity contribution is -0.137. The van der Waals surface area contributed by atoms with Gasteiger partial charge in [-0.25, -0.2) is 0 Å². The van der Waals surface area contributed by atoms with E-state index in [0.717, 1.165) is 19.4 Å². The fourth-order valence-electron chi connectivity index (χ4n) is 3.59. The molecule has 1 atom stereocenters.